The van der Waals surface area contributed by atoms with E-state index in [0.29, 0.717) is 12.8 Å². The van der Waals surface area contributed by atoms with E-state index in [1.54, 1.807) is 13.8 Å². The summed E-state index contributed by atoms with van der Waals surface area (Å²) in [6.07, 6.45) is 2.76. The van der Waals surface area contributed by atoms with Crippen LogP contribution >= 0.6 is 0 Å². The maximum atomic E-state index is 12.1. The van der Waals surface area contributed by atoms with E-state index in [-0.39, 0.29) is 11.8 Å². The molecule has 130 valence electrons. The second-order valence-corrected chi connectivity index (χ2v) is 8.80. The van der Waals surface area contributed by atoms with Gasteiger partial charge in [0, 0.05) is 0 Å². The summed E-state index contributed by atoms with van der Waals surface area (Å²) < 4.78 is 9.74. The fourth-order valence-electron chi connectivity index (χ4n) is 5.62. The molecule has 0 bridgehead atoms. The third kappa shape index (κ3) is 1.33. The molecule has 2 saturated heterocycles. The summed E-state index contributed by atoms with van der Waals surface area (Å²) in [7, 11) is 0. The molecule has 4 aliphatic rings. The molecule has 4 rings (SSSR count). The van der Waals surface area contributed by atoms with E-state index in [2.05, 4.69) is 0 Å². The van der Waals surface area contributed by atoms with Crippen LogP contribution in [0, 0.1) is 33.5 Å². The van der Waals surface area contributed by atoms with Gasteiger partial charge in [0.05, 0.1) is 21.7 Å². The third-order valence-corrected chi connectivity index (χ3v) is 8.22. The SMILES string of the molecule is CC12CC(CCC3CC4(C)C(=O)OC(=O)C34C)C1(C)C(=O)OC2=O. The van der Waals surface area contributed by atoms with Gasteiger partial charge in [0.25, 0.3) is 0 Å². The lowest BCUT2D eigenvalue weighted by Crippen LogP contribution is -2.59. The van der Waals surface area contributed by atoms with Crippen LogP contribution in [0.3, 0.4) is 0 Å². The Kier molecular flexibility index (Phi) is 2.69. The largest absolute Gasteiger partial charge is 0.392 e. The minimum absolute atomic E-state index is 0.0741. The normalized spacial score (nSPS) is 52.2. The van der Waals surface area contributed by atoms with Crippen molar-refractivity contribution in [1.82, 2.24) is 0 Å². The van der Waals surface area contributed by atoms with Crippen molar-refractivity contribution >= 4 is 23.9 Å². The van der Waals surface area contributed by atoms with E-state index in [9.17, 15) is 19.2 Å². The molecule has 0 amide bonds. The van der Waals surface area contributed by atoms with Crippen LogP contribution in [0.1, 0.15) is 53.4 Å². The first kappa shape index (κ1) is 15.8. The summed E-state index contributed by atoms with van der Waals surface area (Å²) in [5.74, 6) is -1.54. The van der Waals surface area contributed by atoms with Crippen LogP contribution < -0.4 is 0 Å². The number of cyclic esters (lactones) is 4. The summed E-state index contributed by atoms with van der Waals surface area (Å²) in [4.78, 5) is 48.1. The van der Waals surface area contributed by atoms with Gasteiger partial charge in [0.1, 0.15) is 0 Å². The van der Waals surface area contributed by atoms with Crippen molar-refractivity contribution in [2.45, 2.75) is 53.4 Å². The van der Waals surface area contributed by atoms with E-state index in [1.165, 1.54) is 0 Å². The summed E-state index contributed by atoms with van der Waals surface area (Å²) in [5.41, 5.74) is -2.95. The van der Waals surface area contributed by atoms with E-state index in [1.807, 2.05) is 13.8 Å². The Hall–Kier alpha value is -1.72. The number of ether oxygens (including phenoxy) is 2. The molecule has 24 heavy (non-hydrogen) atoms. The quantitative estimate of drug-likeness (QED) is 0.579. The average molecular weight is 334 g/mol. The summed E-state index contributed by atoms with van der Waals surface area (Å²) in [5, 5.41) is 0. The molecule has 2 heterocycles. The fourth-order valence-corrected chi connectivity index (χ4v) is 5.62. The van der Waals surface area contributed by atoms with E-state index < -0.39 is 45.5 Å². The predicted octanol–water partition coefficient (Wildman–Crippen LogP) is 2.00. The van der Waals surface area contributed by atoms with Gasteiger partial charge in [0.15, 0.2) is 0 Å². The van der Waals surface area contributed by atoms with Crippen LogP contribution in [0.2, 0.25) is 0 Å². The van der Waals surface area contributed by atoms with Gasteiger partial charge in [-0.1, -0.05) is 0 Å². The lowest BCUT2D eigenvalue weighted by Gasteiger charge is -2.55. The van der Waals surface area contributed by atoms with Gasteiger partial charge in [-0.2, -0.15) is 0 Å². The Labute approximate surface area is 140 Å². The molecule has 6 heteroatoms. The molecule has 0 spiro atoms. The van der Waals surface area contributed by atoms with Crippen molar-refractivity contribution in [1.29, 1.82) is 0 Å². The zero-order chi connectivity index (χ0) is 17.7. The minimum atomic E-state index is -0.760. The number of fused-ring (bicyclic) bond motifs is 2. The van der Waals surface area contributed by atoms with Crippen LogP contribution in [-0.2, 0) is 28.7 Å². The minimum Gasteiger partial charge on any atom is -0.392 e. The number of rotatable bonds is 3. The van der Waals surface area contributed by atoms with E-state index >= 15 is 0 Å². The lowest BCUT2D eigenvalue weighted by molar-refractivity contribution is -0.168. The highest BCUT2D eigenvalue weighted by molar-refractivity contribution is 6.04. The Morgan fingerprint density at radius 3 is 1.33 bits per heavy atom. The Bertz CT molecular complexity index is 652. The fraction of sp³-hybridized carbons (Fsp3) is 0.778. The van der Waals surface area contributed by atoms with Crippen LogP contribution in [0.15, 0.2) is 0 Å². The maximum absolute atomic E-state index is 12.1. The Morgan fingerprint density at radius 1 is 0.708 bits per heavy atom. The standard InChI is InChI=1S/C18H22O6/c1-15-7-9(17(15,3)13(21)23-11(15)19)5-6-10-8-16(2)12(20)24-14(22)18(10,16)4/h9-10H,5-8H2,1-4H3. The van der Waals surface area contributed by atoms with Crippen molar-refractivity contribution in [3.63, 3.8) is 0 Å². The first-order valence-corrected chi connectivity index (χ1v) is 8.55. The van der Waals surface area contributed by atoms with Crippen molar-refractivity contribution in [2.24, 2.45) is 33.5 Å². The highest BCUT2D eigenvalue weighted by Gasteiger charge is 2.76. The van der Waals surface area contributed by atoms with Gasteiger partial charge in [-0.3, -0.25) is 19.2 Å². The third-order valence-electron chi connectivity index (χ3n) is 8.22. The second kappa shape index (κ2) is 4.09. The van der Waals surface area contributed by atoms with Gasteiger partial charge in [-0.25, -0.2) is 0 Å². The molecule has 2 saturated carbocycles. The molecule has 0 aromatic rings. The molecular weight excluding hydrogens is 312 g/mol. The molecule has 4 fully saturated rings. The highest BCUT2D eigenvalue weighted by atomic mass is 16.6. The molecule has 2 aliphatic heterocycles. The van der Waals surface area contributed by atoms with E-state index in [0.717, 1.165) is 12.8 Å². The maximum Gasteiger partial charge on any atom is 0.320 e. The molecule has 6 nitrogen and oxygen atoms in total. The van der Waals surface area contributed by atoms with Crippen molar-refractivity contribution < 1.29 is 28.7 Å². The topological polar surface area (TPSA) is 86.7 Å². The molecule has 0 radical (unpaired) electrons. The first-order valence-electron chi connectivity index (χ1n) is 8.55. The predicted molar refractivity (Wildman–Crippen MR) is 80.1 cm³/mol. The number of carbonyl (C=O) groups is 4. The lowest BCUT2D eigenvalue weighted by atomic mass is 9.42. The van der Waals surface area contributed by atoms with Crippen molar-refractivity contribution in [2.75, 3.05) is 0 Å². The molecule has 0 aromatic carbocycles. The molecule has 6 unspecified atom stereocenters. The highest BCUT2D eigenvalue weighted by Crippen LogP contribution is 2.69. The zero-order valence-electron chi connectivity index (χ0n) is 14.4. The smallest absolute Gasteiger partial charge is 0.320 e. The first-order chi connectivity index (χ1) is 11.0. The van der Waals surface area contributed by atoms with Crippen molar-refractivity contribution in [3.05, 3.63) is 0 Å². The number of carbonyl (C=O) groups excluding carboxylic acids is 4. The summed E-state index contributed by atoms with van der Waals surface area (Å²) >= 11 is 0. The van der Waals surface area contributed by atoms with Crippen LogP contribution in [0.5, 0.6) is 0 Å². The van der Waals surface area contributed by atoms with Crippen LogP contribution in [0.25, 0.3) is 0 Å². The molecule has 6 atom stereocenters. The van der Waals surface area contributed by atoms with Crippen molar-refractivity contribution in [3.8, 4) is 0 Å². The zero-order valence-corrected chi connectivity index (χ0v) is 14.4. The number of esters is 4. The molecule has 0 N–H and O–H groups in total. The monoisotopic (exact) mass is 334 g/mol. The summed E-state index contributed by atoms with van der Waals surface area (Å²) in [6, 6.07) is 0. The number of hydrogen-bond donors (Lipinski definition) is 0. The van der Waals surface area contributed by atoms with Gasteiger partial charge >= 0.3 is 23.9 Å². The second-order valence-electron chi connectivity index (χ2n) is 8.80. The van der Waals surface area contributed by atoms with Gasteiger partial charge in [-0.05, 0) is 65.2 Å². The van der Waals surface area contributed by atoms with Gasteiger partial charge in [0.2, 0.25) is 0 Å². The number of hydrogen-bond acceptors (Lipinski definition) is 6. The Morgan fingerprint density at radius 2 is 1.04 bits per heavy atom. The van der Waals surface area contributed by atoms with Gasteiger partial charge < -0.3 is 9.47 Å². The molecule has 2 aliphatic carbocycles. The van der Waals surface area contributed by atoms with Crippen LogP contribution in [0.4, 0.5) is 0 Å². The average Bonchev–Trinajstić information content (AvgIpc) is 2.73. The van der Waals surface area contributed by atoms with Gasteiger partial charge in [-0.15, -0.1) is 0 Å². The molecular formula is C18H22O6. The van der Waals surface area contributed by atoms with Crippen LogP contribution in [-0.4, -0.2) is 23.9 Å². The summed E-state index contributed by atoms with van der Waals surface area (Å²) in [6.45, 7) is 7.22. The Balaban J connectivity index is 1.47. The molecule has 0 aromatic heterocycles. The van der Waals surface area contributed by atoms with E-state index in [4.69, 9.17) is 9.47 Å².